The first kappa shape index (κ1) is 11.0. The van der Waals surface area contributed by atoms with Crippen molar-refractivity contribution in [1.29, 1.82) is 0 Å². The zero-order chi connectivity index (χ0) is 9.95. The first-order valence-corrected chi connectivity index (χ1v) is 5.31. The highest BCUT2D eigenvalue weighted by atomic mass is 16.3. The van der Waals surface area contributed by atoms with Gasteiger partial charge in [0.05, 0.1) is 5.60 Å². The van der Waals surface area contributed by atoms with Crippen LogP contribution in [-0.2, 0) is 0 Å². The van der Waals surface area contributed by atoms with Gasteiger partial charge in [0.2, 0.25) is 0 Å². The van der Waals surface area contributed by atoms with Gasteiger partial charge in [-0.2, -0.15) is 0 Å². The molecule has 0 aromatic heterocycles. The molecule has 0 radical (unpaired) electrons. The van der Waals surface area contributed by atoms with E-state index in [0.717, 1.165) is 32.1 Å². The second-order valence-electron chi connectivity index (χ2n) is 5.28. The largest absolute Gasteiger partial charge is 0.396 e. The summed E-state index contributed by atoms with van der Waals surface area (Å²) in [4.78, 5) is 0. The summed E-state index contributed by atoms with van der Waals surface area (Å²) in [5, 5.41) is 19.4. The molecule has 0 aliphatic heterocycles. The molecular weight excluding hydrogens is 164 g/mol. The molecule has 0 saturated heterocycles. The monoisotopic (exact) mass is 186 g/mol. The molecule has 0 aromatic carbocycles. The fourth-order valence-electron chi connectivity index (χ4n) is 2.33. The van der Waals surface area contributed by atoms with E-state index in [-0.39, 0.29) is 12.0 Å². The smallest absolute Gasteiger partial charge is 0.0653 e. The van der Waals surface area contributed by atoms with Gasteiger partial charge in [-0.3, -0.25) is 0 Å². The lowest BCUT2D eigenvalue weighted by atomic mass is 9.74. The minimum absolute atomic E-state index is 0.133. The highest BCUT2D eigenvalue weighted by molar-refractivity contribution is 4.87. The van der Waals surface area contributed by atoms with E-state index in [1.807, 2.05) is 13.8 Å². The molecule has 0 amide bonds. The molecular formula is C11H22O2. The van der Waals surface area contributed by atoms with Gasteiger partial charge >= 0.3 is 0 Å². The van der Waals surface area contributed by atoms with Crippen molar-refractivity contribution < 1.29 is 10.2 Å². The summed E-state index contributed by atoms with van der Waals surface area (Å²) in [6.45, 7) is 4.19. The van der Waals surface area contributed by atoms with Crippen LogP contribution in [0.25, 0.3) is 0 Å². The Kier molecular flexibility index (Phi) is 3.36. The fraction of sp³-hybridized carbons (Fsp3) is 1.00. The summed E-state index contributed by atoms with van der Waals surface area (Å²) >= 11 is 0. The van der Waals surface area contributed by atoms with Crippen molar-refractivity contribution in [3.05, 3.63) is 0 Å². The molecule has 1 saturated carbocycles. The lowest BCUT2D eigenvalue weighted by Crippen LogP contribution is -2.37. The van der Waals surface area contributed by atoms with E-state index in [1.165, 1.54) is 6.42 Å². The quantitative estimate of drug-likeness (QED) is 0.708. The van der Waals surface area contributed by atoms with Crippen molar-refractivity contribution >= 4 is 0 Å². The summed E-state index contributed by atoms with van der Waals surface area (Å²) in [6, 6.07) is 0. The number of hydrogen-bond acceptors (Lipinski definition) is 2. The number of hydrogen-bond donors (Lipinski definition) is 2. The van der Waals surface area contributed by atoms with Crippen molar-refractivity contribution in [3.8, 4) is 0 Å². The Morgan fingerprint density at radius 2 is 1.69 bits per heavy atom. The standard InChI is InChI=1S/C11H22O2/c1-10(2,9-12)8-11(13)6-4-3-5-7-11/h12-13H,3-9H2,1-2H3. The zero-order valence-corrected chi connectivity index (χ0v) is 8.84. The fourth-order valence-corrected chi connectivity index (χ4v) is 2.33. The average molecular weight is 186 g/mol. The summed E-state index contributed by atoms with van der Waals surface area (Å²) in [5.41, 5.74) is -0.628. The Morgan fingerprint density at radius 3 is 2.15 bits per heavy atom. The van der Waals surface area contributed by atoms with E-state index in [2.05, 4.69) is 0 Å². The van der Waals surface area contributed by atoms with Crippen LogP contribution >= 0.6 is 0 Å². The molecule has 0 unspecified atom stereocenters. The number of aliphatic hydroxyl groups excluding tert-OH is 1. The van der Waals surface area contributed by atoms with Crippen molar-refractivity contribution in [3.63, 3.8) is 0 Å². The van der Waals surface area contributed by atoms with Crippen molar-refractivity contribution in [2.45, 2.75) is 58.0 Å². The second kappa shape index (κ2) is 3.97. The van der Waals surface area contributed by atoms with Crippen LogP contribution < -0.4 is 0 Å². The molecule has 0 atom stereocenters. The molecule has 2 heteroatoms. The second-order valence-corrected chi connectivity index (χ2v) is 5.28. The molecule has 2 N–H and O–H groups in total. The predicted octanol–water partition coefficient (Wildman–Crippen LogP) is 2.09. The Balaban J connectivity index is 2.49. The van der Waals surface area contributed by atoms with E-state index < -0.39 is 5.60 Å². The van der Waals surface area contributed by atoms with Crippen LogP contribution in [0.5, 0.6) is 0 Å². The van der Waals surface area contributed by atoms with Crippen LogP contribution in [0.1, 0.15) is 52.4 Å². The molecule has 2 nitrogen and oxygen atoms in total. The van der Waals surface area contributed by atoms with E-state index >= 15 is 0 Å². The van der Waals surface area contributed by atoms with Crippen LogP contribution in [0.2, 0.25) is 0 Å². The summed E-state index contributed by atoms with van der Waals surface area (Å²) in [5.74, 6) is 0. The predicted molar refractivity (Wildman–Crippen MR) is 53.5 cm³/mol. The maximum atomic E-state index is 10.2. The third kappa shape index (κ3) is 3.28. The van der Waals surface area contributed by atoms with Gasteiger partial charge in [0.1, 0.15) is 0 Å². The normalized spacial score (nSPS) is 23.1. The van der Waals surface area contributed by atoms with Gasteiger partial charge in [-0.05, 0) is 24.7 Å². The van der Waals surface area contributed by atoms with E-state index in [4.69, 9.17) is 5.11 Å². The SMILES string of the molecule is CC(C)(CO)CC1(O)CCCCC1. The van der Waals surface area contributed by atoms with Gasteiger partial charge in [-0.15, -0.1) is 0 Å². The highest BCUT2D eigenvalue weighted by Crippen LogP contribution is 2.37. The molecule has 1 aliphatic carbocycles. The molecule has 0 spiro atoms. The van der Waals surface area contributed by atoms with Crippen LogP contribution in [0.3, 0.4) is 0 Å². The van der Waals surface area contributed by atoms with Crippen molar-refractivity contribution in [2.24, 2.45) is 5.41 Å². The molecule has 0 bridgehead atoms. The van der Waals surface area contributed by atoms with Crippen molar-refractivity contribution in [2.75, 3.05) is 6.61 Å². The summed E-state index contributed by atoms with van der Waals surface area (Å²) < 4.78 is 0. The van der Waals surface area contributed by atoms with Crippen LogP contribution in [0.4, 0.5) is 0 Å². The first-order valence-electron chi connectivity index (χ1n) is 5.31. The molecule has 1 fully saturated rings. The highest BCUT2D eigenvalue weighted by Gasteiger charge is 2.35. The van der Waals surface area contributed by atoms with Crippen LogP contribution in [-0.4, -0.2) is 22.4 Å². The lowest BCUT2D eigenvalue weighted by Gasteiger charge is -2.38. The minimum Gasteiger partial charge on any atom is -0.396 e. The Hall–Kier alpha value is -0.0800. The molecule has 0 aromatic rings. The van der Waals surface area contributed by atoms with Gasteiger partial charge in [0, 0.05) is 6.61 Å². The van der Waals surface area contributed by atoms with E-state index in [9.17, 15) is 5.11 Å². The maximum absolute atomic E-state index is 10.2. The van der Waals surface area contributed by atoms with E-state index in [1.54, 1.807) is 0 Å². The molecule has 1 aliphatic rings. The molecule has 0 heterocycles. The van der Waals surface area contributed by atoms with Gasteiger partial charge in [-0.1, -0.05) is 33.1 Å². The van der Waals surface area contributed by atoms with Gasteiger partial charge in [0.25, 0.3) is 0 Å². The number of aliphatic hydroxyl groups is 2. The minimum atomic E-state index is -0.496. The topological polar surface area (TPSA) is 40.5 Å². The van der Waals surface area contributed by atoms with Crippen molar-refractivity contribution in [1.82, 2.24) is 0 Å². The summed E-state index contributed by atoms with van der Waals surface area (Å²) in [6.07, 6.45) is 6.08. The molecule has 1 rings (SSSR count). The molecule has 13 heavy (non-hydrogen) atoms. The van der Waals surface area contributed by atoms with E-state index in [0.29, 0.717) is 0 Å². The van der Waals surface area contributed by atoms with Gasteiger partial charge < -0.3 is 10.2 Å². The molecule has 78 valence electrons. The third-order valence-electron chi connectivity index (χ3n) is 3.02. The Labute approximate surface area is 81.0 Å². The third-order valence-corrected chi connectivity index (χ3v) is 3.02. The number of rotatable bonds is 3. The average Bonchev–Trinajstić information content (AvgIpc) is 2.04. The first-order chi connectivity index (χ1) is 5.97. The maximum Gasteiger partial charge on any atom is 0.0653 e. The van der Waals surface area contributed by atoms with Crippen LogP contribution in [0, 0.1) is 5.41 Å². The Bertz CT molecular complexity index is 157. The summed E-state index contributed by atoms with van der Waals surface area (Å²) in [7, 11) is 0. The van der Waals surface area contributed by atoms with Crippen LogP contribution in [0.15, 0.2) is 0 Å². The zero-order valence-electron chi connectivity index (χ0n) is 8.84. The Morgan fingerprint density at radius 1 is 1.15 bits per heavy atom. The van der Waals surface area contributed by atoms with Gasteiger partial charge in [-0.25, -0.2) is 0 Å². The lowest BCUT2D eigenvalue weighted by molar-refractivity contribution is -0.0434. The van der Waals surface area contributed by atoms with Gasteiger partial charge in [0.15, 0.2) is 0 Å².